The highest BCUT2D eigenvalue weighted by Gasteiger charge is 2.13. The van der Waals surface area contributed by atoms with Crippen molar-refractivity contribution in [1.29, 1.82) is 0 Å². The minimum absolute atomic E-state index is 0.182. The number of hydrazine groups is 1. The summed E-state index contributed by atoms with van der Waals surface area (Å²) in [6.07, 6.45) is 0.660. The molecule has 0 saturated carbocycles. The fourth-order valence-electron chi connectivity index (χ4n) is 3.09. The third-order valence-corrected chi connectivity index (χ3v) is 4.87. The molecule has 0 aliphatic rings. The highest BCUT2D eigenvalue weighted by atomic mass is 35.5. The van der Waals surface area contributed by atoms with E-state index in [1.807, 2.05) is 13.0 Å². The molecular weight excluding hydrogens is 408 g/mol. The summed E-state index contributed by atoms with van der Waals surface area (Å²) in [6, 6.07) is 12.5. The van der Waals surface area contributed by atoms with Gasteiger partial charge in [-0.25, -0.2) is 4.79 Å². The molecule has 0 radical (unpaired) electrons. The average Bonchev–Trinajstić information content (AvgIpc) is 2.96. The molecule has 0 fully saturated rings. The van der Waals surface area contributed by atoms with E-state index in [2.05, 4.69) is 10.9 Å². The van der Waals surface area contributed by atoms with E-state index in [-0.39, 0.29) is 24.6 Å². The number of para-hydroxylation sites is 2. The van der Waals surface area contributed by atoms with Crippen LogP contribution in [0.25, 0.3) is 11.0 Å². The molecule has 0 aliphatic heterocycles. The lowest BCUT2D eigenvalue weighted by Gasteiger charge is -2.10. The number of ether oxygens (including phenoxy) is 1. The zero-order chi connectivity index (χ0) is 21.7. The van der Waals surface area contributed by atoms with Gasteiger partial charge in [-0.15, -0.1) is 0 Å². The molecule has 1 aromatic heterocycles. The predicted octanol–water partition coefficient (Wildman–Crippen LogP) is 2.31. The molecular formula is C21H23ClN4O4. The van der Waals surface area contributed by atoms with Crippen molar-refractivity contribution >= 4 is 34.4 Å². The van der Waals surface area contributed by atoms with Crippen molar-refractivity contribution in [2.24, 2.45) is 7.05 Å². The highest BCUT2D eigenvalue weighted by Crippen LogP contribution is 2.21. The molecule has 0 saturated heterocycles. The molecule has 0 atom stereocenters. The Morgan fingerprint density at radius 3 is 2.50 bits per heavy atom. The van der Waals surface area contributed by atoms with E-state index in [1.54, 1.807) is 43.4 Å². The van der Waals surface area contributed by atoms with Gasteiger partial charge in [-0.2, -0.15) is 0 Å². The number of hydrogen-bond acceptors (Lipinski definition) is 4. The molecule has 1 heterocycles. The van der Waals surface area contributed by atoms with Gasteiger partial charge in [0.25, 0.3) is 5.91 Å². The number of aromatic nitrogens is 2. The monoisotopic (exact) mass is 430 g/mol. The summed E-state index contributed by atoms with van der Waals surface area (Å²) in [7, 11) is 1.65. The Bertz CT molecular complexity index is 1140. The van der Waals surface area contributed by atoms with Gasteiger partial charge in [0.05, 0.1) is 17.6 Å². The average molecular weight is 431 g/mol. The number of nitrogens with zero attached hydrogens (tertiary/aromatic N) is 2. The maximum Gasteiger partial charge on any atom is 0.329 e. The van der Waals surface area contributed by atoms with Crippen molar-refractivity contribution in [3.8, 4) is 5.75 Å². The van der Waals surface area contributed by atoms with Crippen molar-refractivity contribution in [1.82, 2.24) is 20.0 Å². The number of carbonyl (C=O) groups excluding carboxylic acids is 2. The number of imidazole rings is 1. The number of aryl methyl sites for hydroxylation is 2. The molecule has 0 unspecified atom stereocenters. The van der Waals surface area contributed by atoms with Crippen LogP contribution in [-0.2, 0) is 23.2 Å². The highest BCUT2D eigenvalue weighted by molar-refractivity contribution is 6.30. The van der Waals surface area contributed by atoms with E-state index in [0.717, 1.165) is 11.1 Å². The third kappa shape index (κ3) is 5.01. The molecule has 9 heteroatoms. The van der Waals surface area contributed by atoms with Crippen LogP contribution in [0.4, 0.5) is 0 Å². The summed E-state index contributed by atoms with van der Waals surface area (Å²) in [5.41, 5.74) is 6.71. The Morgan fingerprint density at radius 1 is 1.07 bits per heavy atom. The lowest BCUT2D eigenvalue weighted by Crippen LogP contribution is -2.44. The van der Waals surface area contributed by atoms with Crippen molar-refractivity contribution < 1.29 is 14.3 Å². The summed E-state index contributed by atoms with van der Waals surface area (Å²) in [5, 5.41) is 0.640. The lowest BCUT2D eigenvalue weighted by atomic mass is 10.2. The fourth-order valence-corrected chi connectivity index (χ4v) is 3.32. The van der Waals surface area contributed by atoms with Crippen LogP contribution in [0.1, 0.15) is 18.4 Å². The van der Waals surface area contributed by atoms with E-state index in [1.165, 1.54) is 9.13 Å². The second kappa shape index (κ2) is 9.49. The van der Waals surface area contributed by atoms with E-state index in [4.69, 9.17) is 16.3 Å². The van der Waals surface area contributed by atoms with Crippen LogP contribution in [0.15, 0.2) is 47.3 Å². The van der Waals surface area contributed by atoms with Gasteiger partial charge in [0.2, 0.25) is 5.91 Å². The summed E-state index contributed by atoms with van der Waals surface area (Å²) >= 11 is 5.91. The standard InChI is InChI=1S/C21H23ClN4O4/c1-14-12-15(22)9-10-18(14)30-11-5-8-19(27)23-24-20(28)13-26-17-7-4-3-6-16(17)25(2)21(26)29/h3-4,6-7,9-10,12H,5,8,11,13H2,1-2H3,(H,23,27)(H,24,28). The molecule has 30 heavy (non-hydrogen) atoms. The quantitative estimate of drug-likeness (QED) is 0.444. The molecule has 0 aliphatic carbocycles. The molecule has 0 spiro atoms. The topological polar surface area (TPSA) is 94.4 Å². The Labute approximate surface area is 178 Å². The van der Waals surface area contributed by atoms with Crippen molar-refractivity contribution in [2.75, 3.05) is 6.61 Å². The first-order chi connectivity index (χ1) is 14.4. The number of halogens is 1. The van der Waals surface area contributed by atoms with Gasteiger partial charge in [-0.05, 0) is 49.2 Å². The molecule has 0 bridgehead atoms. The molecule has 8 nitrogen and oxygen atoms in total. The second-order valence-electron chi connectivity index (χ2n) is 6.87. The van der Waals surface area contributed by atoms with Gasteiger partial charge < -0.3 is 4.74 Å². The number of carbonyl (C=O) groups is 2. The number of hydrogen-bond donors (Lipinski definition) is 2. The SMILES string of the molecule is Cc1cc(Cl)ccc1OCCCC(=O)NNC(=O)Cn1c(=O)n(C)c2ccccc21. The molecule has 3 rings (SSSR count). The van der Waals surface area contributed by atoms with Gasteiger partial charge in [-0.3, -0.25) is 29.6 Å². The molecule has 158 valence electrons. The van der Waals surface area contributed by atoms with Crippen LogP contribution in [0, 0.1) is 6.92 Å². The maximum absolute atomic E-state index is 12.3. The van der Waals surface area contributed by atoms with Gasteiger partial charge in [0.15, 0.2) is 0 Å². The molecule has 2 amide bonds. The first kappa shape index (κ1) is 21.4. The van der Waals surface area contributed by atoms with Gasteiger partial charge in [0.1, 0.15) is 12.3 Å². The van der Waals surface area contributed by atoms with E-state index < -0.39 is 5.91 Å². The predicted molar refractivity (Wildman–Crippen MR) is 114 cm³/mol. The minimum atomic E-state index is -0.491. The van der Waals surface area contributed by atoms with Crippen LogP contribution in [-0.4, -0.2) is 27.6 Å². The molecule has 3 aromatic rings. The first-order valence-electron chi connectivity index (χ1n) is 9.47. The minimum Gasteiger partial charge on any atom is -0.493 e. The van der Waals surface area contributed by atoms with E-state index in [0.29, 0.717) is 29.3 Å². The maximum atomic E-state index is 12.3. The van der Waals surface area contributed by atoms with E-state index in [9.17, 15) is 14.4 Å². The second-order valence-corrected chi connectivity index (χ2v) is 7.31. The zero-order valence-electron chi connectivity index (χ0n) is 16.8. The van der Waals surface area contributed by atoms with Gasteiger partial charge >= 0.3 is 5.69 Å². The lowest BCUT2D eigenvalue weighted by molar-refractivity contribution is -0.129. The Hall–Kier alpha value is -3.26. The van der Waals surface area contributed by atoms with E-state index >= 15 is 0 Å². The summed E-state index contributed by atoms with van der Waals surface area (Å²) in [5.74, 6) is -0.117. The molecule has 2 aromatic carbocycles. The first-order valence-corrected chi connectivity index (χ1v) is 9.85. The van der Waals surface area contributed by atoms with Crippen molar-refractivity contribution in [2.45, 2.75) is 26.3 Å². The van der Waals surface area contributed by atoms with Crippen LogP contribution >= 0.6 is 11.6 Å². The fraction of sp³-hybridized carbons (Fsp3) is 0.286. The number of amides is 2. The zero-order valence-corrected chi connectivity index (χ0v) is 17.5. The summed E-state index contributed by atoms with van der Waals surface area (Å²) in [4.78, 5) is 36.4. The number of benzene rings is 2. The Morgan fingerprint density at radius 2 is 1.77 bits per heavy atom. The Kier molecular flexibility index (Phi) is 6.79. The Balaban J connectivity index is 1.43. The summed E-state index contributed by atoms with van der Waals surface area (Å²) < 4.78 is 8.47. The van der Waals surface area contributed by atoms with Crippen LogP contribution in [0.3, 0.4) is 0 Å². The third-order valence-electron chi connectivity index (χ3n) is 4.64. The van der Waals surface area contributed by atoms with Gasteiger partial charge in [-0.1, -0.05) is 23.7 Å². The number of fused-ring (bicyclic) bond motifs is 1. The molecule has 2 N–H and O–H groups in total. The number of rotatable bonds is 7. The summed E-state index contributed by atoms with van der Waals surface area (Å²) in [6.45, 7) is 2.05. The normalized spacial score (nSPS) is 10.8. The van der Waals surface area contributed by atoms with Crippen molar-refractivity contribution in [3.63, 3.8) is 0 Å². The van der Waals surface area contributed by atoms with Crippen molar-refractivity contribution in [3.05, 3.63) is 63.5 Å². The number of nitrogens with one attached hydrogen (secondary N) is 2. The largest absolute Gasteiger partial charge is 0.493 e. The van der Waals surface area contributed by atoms with Crippen LogP contribution in [0.5, 0.6) is 5.75 Å². The van der Waals surface area contributed by atoms with Gasteiger partial charge in [0, 0.05) is 18.5 Å². The van der Waals surface area contributed by atoms with Crippen LogP contribution in [0.2, 0.25) is 5.02 Å². The van der Waals surface area contributed by atoms with Crippen LogP contribution < -0.4 is 21.3 Å². The smallest absolute Gasteiger partial charge is 0.329 e.